The summed E-state index contributed by atoms with van der Waals surface area (Å²) in [6.45, 7) is 0. The fourth-order valence-corrected chi connectivity index (χ4v) is 5.06. The molecule has 5 aromatic rings. The Hall–Kier alpha value is -2.94. The van der Waals surface area contributed by atoms with Crippen molar-refractivity contribution in [3.05, 3.63) is 71.7 Å². The fraction of sp³-hybridized carbons (Fsp3) is 0. The fourth-order valence-electron chi connectivity index (χ4n) is 2.68. The zero-order chi connectivity index (χ0) is 18.8. The topological polar surface area (TPSA) is 63.6 Å². The van der Waals surface area contributed by atoms with Crippen LogP contribution in [-0.2, 0) is 0 Å². The molecular formula is C20H13N5S3. The summed E-state index contributed by atoms with van der Waals surface area (Å²) in [6, 6.07) is 16.2. The Kier molecular flexibility index (Phi) is 4.66. The van der Waals surface area contributed by atoms with E-state index in [4.69, 9.17) is 4.98 Å². The highest BCUT2D eigenvalue weighted by Crippen LogP contribution is 2.33. The SMILES string of the molecule is c1cc(Nc2nnc(-c3cccs3)s2)cc(-c2csc(-c3cccnc3)n2)c1. The summed E-state index contributed by atoms with van der Waals surface area (Å²) in [5.41, 5.74) is 3.99. The molecule has 0 spiro atoms. The summed E-state index contributed by atoms with van der Waals surface area (Å²) in [6.07, 6.45) is 3.60. The molecule has 1 aromatic carbocycles. The highest BCUT2D eigenvalue weighted by Gasteiger charge is 2.10. The molecule has 28 heavy (non-hydrogen) atoms. The van der Waals surface area contributed by atoms with Crippen LogP contribution in [0, 0.1) is 0 Å². The first-order valence-electron chi connectivity index (χ1n) is 8.46. The minimum absolute atomic E-state index is 0.773. The van der Waals surface area contributed by atoms with Crippen LogP contribution >= 0.6 is 34.0 Å². The Morgan fingerprint density at radius 3 is 2.68 bits per heavy atom. The van der Waals surface area contributed by atoms with E-state index in [9.17, 15) is 0 Å². The van der Waals surface area contributed by atoms with Crippen molar-refractivity contribution in [3.8, 4) is 31.7 Å². The second-order valence-electron chi connectivity index (χ2n) is 5.88. The maximum absolute atomic E-state index is 4.76. The molecule has 8 heteroatoms. The smallest absolute Gasteiger partial charge is 0.210 e. The number of hydrogen-bond donors (Lipinski definition) is 1. The molecule has 0 atom stereocenters. The molecule has 0 fully saturated rings. The number of nitrogens with one attached hydrogen (secondary N) is 1. The van der Waals surface area contributed by atoms with Crippen LogP contribution in [-0.4, -0.2) is 20.2 Å². The van der Waals surface area contributed by atoms with Crippen LogP contribution in [0.4, 0.5) is 10.8 Å². The van der Waals surface area contributed by atoms with Crippen molar-refractivity contribution in [2.24, 2.45) is 0 Å². The van der Waals surface area contributed by atoms with Gasteiger partial charge in [-0.1, -0.05) is 29.5 Å². The van der Waals surface area contributed by atoms with Crippen LogP contribution in [0.25, 0.3) is 31.7 Å². The van der Waals surface area contributed by atoms with Gasteiger partial charge >= 0.3 is 0 Å². The summed E-state index contributed by atoms with van der Waals surface area (Å²) in [4.78, 5) is 10.1. The van der Waals surface area contributed by atoms with Crippen molar-refractivity contribution in [1.29, 1.82) is 0 Å². The quantitative estimate of drug-likeness (QED) is 0.368. The van der Waals surface area contributed by atoms with Gasteiger partial charge in [0.05, 0.1) is 10.6 Å². The van der Waals surface area contributed by atoms with Crippen LogP contribution in [0.2, 0.25) is 0 Å². The van der Waals surface area contributed by atoms with E-state index in [0.717, 1.165) is 42.5 Å². The predicted octanol–water partition coefficient (Wildman–Crippen LogP) is 6.20. The highest BCUT2D eigenvalue weighted by molar-refractivity contribution is 7.23. The first-order valence-corrected chi connectivity index (χ1v) is 11.0. The van der Waals surface area contributed by atoms with Gasteiger partial charge in [-0.05, 0) is 35.7 Å². The van der Waals surface area contributed by atoms with E-state index >= 15 is 0 Å². The van der Waals surface area contributed by atoms with E-state index in [-0.39, 0.29) is 0 Å². The second-order valence-corrected chi connectivity index (χ2v) is 8.66. The van der Waals surface area contributed by atoms with Crippen molar-refractivity contribution >= 4 is 44.8 Å². The van der Waals surface area contributed by atoms with Gasteiger partial charge in [0.2, 0.25) is 5.13 Å². The number of thiazole rings is 1. The van der Waals surface area contributed by atoms with Gasteiger partial charge in [-0.15, -0.1) is 32.9 Å². The summed E-state index contributed by atoms with van der Waals surface area (Å²) in [5.74, 6) is 0. The maximum Gasteiger partial charge on any atom is 0.210 e. The van der Waals surface area contributed by atoms with Gasteiger partial charge in [0.25, 0.3) is 0 Å². The summed E-state index contributed by atoms with van der Waals surface area (Å²) in [5, 5.41) is 18.7. The number of thiophene rings is 1. The molecule has 0 radical (unpaired) electrons. The average molecular weight is 420 g/mol. The van der Waals surface area contributed by atoms with Crippen LogP contribution in [0.1, 0.15) is 0 Å². The number of anilines is 2. The zero-order valence-electron chi connectivity index (χ0n) is 14.4. The molecule has 0 amide bonds. The van der Waals surface area contributed by atoms with Gasteiger partial charge in [-0.3, -0.25) is 4.98 Å². The molecule has 5 nitrogen and oxygen atoms in total. The first kappa shape index (κ1) is 17.2. The minimum atomic E-state index is 0.773. The molecule has 0 aliphatic heterocycles. The number of aromatic nitrogens is 4. The Morgan fingerprint density at radius 1 is 0.857 bits per heavy atom. The molecule has 0 saturated heterocycles. The zero-order valence-corrected chi connectivity index (χ0v) is 16.9. The van der Waals surface area contributed by atoms with Gasteiger partial charge in [0.15, 0.2) is 5.01 Å². The second kappa shape index (κ2) is 7.59. The lowest BCUT2D eigenvalue weighted by Crippen LogP contribution is -1.90. The molecule has 0 saturated carbocycles. The molecular weight excluding hydrogens is 406 g/mol. The predicted molar refractivity (Wildman–Crippen MR) is 117 cm³/mol. The lowest BCUT2D eigenvalue weighted by atomic mass is 10.1. The van der Waals surface area contributed by atoms with Gasteiger partial charge in [-0.2, -0.15) is 0 Å². The number of pyridine rings is 1. The van der Waals surface area contributed by atoms with Crippen LogP contribution in [0.15, 0.2) is 71.7 Å². The average Bonchev–Trinajstić information content (AvgIpc) is 3.50. The monoisotopic (exact) mass is 419 g/mol. The summed E-state index contributed by atoms with van der Waals surface area (Å²) >= 11 is 4.83. The molecule has 4 aromatic heterocycles. The Labute approximate surface area is 173 Å². The van der Waals surface area contributed by atoms with Crippen LogP contribution in [0.5, 0.6) is 0 Å². The minimum Gasteiger partial charge on any atom is -0.330 e. The molecule has 1 N–H and O–H groups in total. The molecule has 0 unspecified atom stereocenters. The lowest BCUT2D eigenvalue weighted by molar-refractivity contribution is 1.10. The van der Waals surface area contributed by atoms with E-state index in [1.807, 2.05) is 41.9 Å². The van der Waals surface area contributed by atoms with Crippen molar-refractivity contribution in [3.63, 3.8) is 0 Å². The molecule has 0 aliphatic carbocycles. The lowest BCUT2D eigenvalue weighted by Gasteiger charge is -2.04. The Morgan fingerprint density at radius 2 is 1.82 bits per heavy atom. The standard InChI is InChI=1S/C20H13N5S3/c1-4-13(16-12-27-18(23-16)14-5-2-8-21-11-14)10-15(6-1)22-20-25-24-19(28-20)17-7-3-9-26-17/h1-12H,(H,22,25). The largest absolute Gasteiger partial charge is 0.330 e. The third-order valence-corrected chi connectivity index (χ3v) is 6.75. The van der Waals surface area contributed by atoms with E-state index < -0.39 is 0 Å². The Bertz CT molecular complexity index is 1200. The summed E-state index contributed by atoms with van der Waals surface area (Å²) in [7, 11) is 0. The van der Waals surface area contributed by atoms with E-state index in [0.29, 0.717) is 0 Å². The number of benzene rings is 1. The molecule has 4 heterocycles. The number of hydrogen-bond acceptors (Lipinski definition) is 8. The van der Waals surface area contributed by atoms with Crippen molar-refractivity contribution in [2.75, 3.05) is 5.32 Å². The van der Waals surface area contributed by atoms with E-state index in [1.54, 1.807) is 40.2 Å². The van der Waals surface area contributed by atoms with Gasteiger partial charge in [-0.25, -0.2) is 4.98 Å². The third kappa shape index (κ3) is 3.57. The van der Waals surface area contributed by atoms with Gasteiger partial charge in [0, 0.05) is 34.6 Å². The molecule has 136 valence electrons. The van der Waals surface area contributed by atoms with Gasteiger partial charge in [0.1, 0.15) is 5.01 Å². The molecule has 0 aliphatic rings. The van der Waals surface area contributed by atoms with Crippen LogP contribution in [0.3, 0.4) is 0 Å². The number of nitrogens with zero attached hydrogens (tertiary/aromatic N) is 4. The Balaban J connectivity index is 1.38. The van der Waals surface area contributed by atoms with Crippen molar-refractivity contribution in [1.82, 2.24) is 20.2 Å². The number of rotatable bonds is 5. The first-order chi connectivity index (χ1) is 13.8. The van der Waals surface area contributed by atoms with E-state index in [2.05, 4.69) is 44.1 Å². The van der Waals surface area contributed by atoms with Crippen molar-refractivity contribution < 1.29 is 0 Å². The maximum atomic E-state index is 4.76. The normalized spacial score (nSPS) is 10.9. The van der Waals surface area contributed by atoms with Crippen molar-refractivity contribution in [2.45, 2.75) is 0 Å². The van der Waals surface area contributed by atoms with Crippen LogP contribution < -0.4 is 5.32 Å². The molecule has 0 bridgehead atoms. The highest BCUT2D eigenvalue weighted by atomic mass is 32.1. The van der Waals surface area contributed by atoms with E-state index in [1.165, 1.54) is 0 Å². The summed E-state index contributed by atoms with van der Waals surface area (Å²) < 4.78 is 0. The molecule has 5 rings (SSSR count). The third-order valence-electron chi connectivity index (χ3n) is 3.98. The van der Waals surface area contributed by atoms with Gasteiger partial charge < -0.3 is 5.32 Å².